The normalized spacial score (nSPS) is 22.2. The molecule has 1 unspecified atom stereocenters. The molecule has 0 aliphatic carbocycles. The first-order chi connectivity index (χ1) is 7.15. The topological polar surface area (TPSA) is 32.5 Å². The van der Waals surface area contributed by atoms with Crippen molar-refractivity contribution >= 4 is 0 Å². The van der Waals surface area contributed by atoms with E-state index in [4.69, 9.17) is 5.73 Å². The summed E-state index contributed by atoms with van der Waals surface area (Å²) < 4.78 is 0. The van der Waals surface area contributed by atoms with Gasteiger partial charge in [-0.2, -0.15) is 0 Å². The van der Waals surface area contributed by atoms with Crippen molar-refractivity contribution in [2.45, 2.75) is 44.7 Å². The highest BCUT2D eigenvalue weighted by atomic mass is 15.2. The molecule has 0 aromatic carbocycles. The van der Waals surface area contributed by atoms with Crippen molar-refractivity contribution in [3.8, 4) is 0 Å². The molecular weight excluding hydrogens is 186 g/mol. The summed E-state index contributed by atoms with van der Waals surface area (Å²) in [6.07, 6.45) is 5.03. The van der Waals surface area contributed by atoms with E-state index in [9.17, 15) is 0 Å². The number of hydrogen-bond donors (Lipinski definition) is 1. The maximum Gasteiger partial charge on any atom is 0.0119 e. The van der Waals surface area contributed by atoms with Crippen LogP contribution in [0.25, 0.3) is 0 Å². The third-order valence-corrected chi connectivity index (χ3v) is 3.79. The zero-order valence-corrected chi connectivity index (χ0v) is 10.6. The monoisotopic (exact) mass is 213 g/mol. The summed E-state index contributed by atoms with van der Waals surface area (Å²) in [7, 11) is 4.49. The van der Waals surface area contributed by atoms with E-state index in [1.165, 1.54) is 32.4 Å². The third kappa shape index (κ3) is 4.09. The molecule has 0 amide bonds. The maximum absolute atomic E-state index is 5.55. The van der Waals surface area contributed by atoms with E-state index >= 15 is 0 Å². The number of likely N-dealkylation sites (tertiary alicyclic amines) is 1. The van der Waals surface area contributed by atoms with E-state index in [-0.39, 0.29) is 0 Å². The van der Waals surface area contributed by atoms with Crippen LogP contribution in [0.2, 0.25) is 0 Å². The molecule has 0 saturated carbocycles. The van der Waals surface area contributed by atoms with Crippen molar-refractivity contribution in [1.29, 1.82) is 0 Å². The van der Waals surface area contributed by atoms with E-state index in [0.717, 1.165) is 19.0 Å². The Morgan fingerprint density at radius 2 is 2.00 bits per heavy atom. The molecule has 1 heterocycles. The molecular formula is C12H27N3. The van der Waals surface area contributed by atoms with E-state index < -0.39 is 0 Å². The fourth-order valence-corrected chi connectivity index (χ4v) is 2.38. The molecule has 90 valence electrons. The third-order valence-electron chi connectivity index (χ3n) is 3.79. The fraction of sp³-hybridized carbons (Fsp3) is 1.00. The Hall–Kier alpha value is -0.120. The first-order valence-electron chi connectivity index (χ1n) is 6.25. The second-order valence-electron chi connectivity index (χ2n) is 4.98. The van der Waals surface area contributed by atoms with Crippen molar-refractivity contribution in [1.82, 2.24) is 9.80 Å². The zero-order valence-electron chi connectivity index (χ0n) is 10.6. The highest BCUT2D eigenvalue weighted by Gasteiger charge is 2.23. The Morgan fingerprint density at radius 1 is 1.40 bits per heavy atom. The molecule has 3 heteroatoms. The molecule has 3 nitrogen and oxygen atoms in total. The Balaban J connectivity index is 2.29. The smallest absolute Gasteiger partial charge is 0.0119 e. The molecule has 1 aliphatic rings. The van der Waals surface area contributed by atoms with Crippen molar-refractivity contribution in [2.75, 3.05) is 33.7 Å². The number of rotatable bonds is 5. The lowest BCUT2D eigenvalue weighted by Crippen LogP contribution is -2.45. The first kappa shape index (κ1) is 12.9. The van der Waals surface area contributed by atoms with Crippen LogP contribution in [0.3, 0.4) is 0 Å². The minimum atomic E-state index is 0.682. The van der Waals surface area contributed by atoms with Crippen LogP contribution in [0.1, 0.15) is 32.6 Å². The number of hydrogen-bond acceptors (Lipinski definition) is 3. The second kappa shape index (κ2) is 6.46. The minimum Gasteiger partial charge on any atom is -0.330 e. The molecule has 0 radical (unpaired) electrons. The Labute approximate surface area is 94.6 Å². The van der Waals surface area contributed by atoms with Crippen LogP contribution in [0.5, 0.6) is 0 Å². The Morgan fingerprint density at radius 3 is 2.53 bits per heavy atom. The van der Waals surface area contributed by atoms with Gasteiger partial charge in [0.05, 0.1) is 0 Å². The lowest BCUT2D eigenvalue weighted by Gasteiger charge is -2.38. The average molecular weight is 213 g/mol. The number of nitrogens with zero attached hydrogens (tertiary/aromatic N) is 2. The molecule has 2 N–H and O–H groups in total. The van der Waals surface area contributed by atoms with Gasteiger partial charge in [0.15, 0.2) is 0 Å². The van der Waals surface area contributed by atoms with Crippen LogP contribution in [-0.2, 0) is 0 Å². The molecule has 1 rings (SSSR count). The van der Waals surface area contributed by atoms with Gasteiger partial charge in [-0.05, 0) is 66.3 Å². The molecule has 0 bridgehead atoms. The van der Waals surface area contributed by atoms with Crippen LogP contribution in [0.15, 0.2) is 0 Å². The Bertz CT molecular complexity index is 164. The summed E-state index contributed by atoms with van der Waals surface area (Å²) >= 11 is 0. The molecule has 0 aromatic rings. The van der Waals surface area contributed by atoms with E-state index in [1.54, 1.807) is 0 Å². The second-order valence-corrected chi connectivity index (χ2v) is 4.98. The van der Waals surface area contributed by atoms with Gasteiger partial charge in [-0.25, -0.2) is 0 Å². The average Bonchev–Trinajstić information content (AvgIpc) is 2.26. The lowest BCUT2D eigenvalue weighted by atomic mass is 10.0. The molecule has 1 saturated heterocycles. The van der Waals surface area contributed by atoms with Gasteiger partial charge >= 0.3 is 0 Å². The van der Waals surface area contributed by atoms with E-state index in [0.29, 0.717) is 6.04 Å². The largest absolute Gasteiger partial charge is 0.330 e. The lowest BCUT2D eigenvalue weighted by molar-refractivity contribution is 0.109. The predicted octanol–water partition coefficient (Wildman–Crippen LogP) is 1.14. The van der Waals surface area contributed by atoms with E-state index in [2.05, 4.69) is 30.8 Å². The molecule has 1 fully saturated rings. The minimum absolute atomic E-state index is 0.682. The van der Waals surface area contributed by atoms with Gasteiger partial charge in [-0.15, -0.1) is 0 Å². The number of piperidine rings is 1. The molecule has 0 spiro atoms. The van der Waals surface area contributed by atoms with E-state index in [1.807, 2.05) is 0 Å². The molecule has 15 heavy (non-hydrogen) atoms. The molecule has 1 aliphatic heterocycles. The highest BCUT2D eigenvalue weighted by Crippen LogP contribution is 2.17. The number of nitrogens with two attached hydrogens (primary N) is 1. The van der Waals surface area contributed by atoms with Crippen molar-refractivity contribution in [2.24, 2.45) is 5.73 Å². The van der Waals surface area contributed by atoms with Crippen LogP contribution >= 0.6 is 0 Å². The SMILES string of the molecule is CC(CCCN)N(C)C1CCN(C)CC1. The van der Waals surface area contributed by atoms with Gasteiger partial charge in [-0.3, -0.25) is 0 Å². The summed E-state index contributed by atoms with van der Waals surface area (Å²) in [6.45, 7) is 5.65. The molecule has 1 atom stereocenters. The van der Waals surface area contributed by atoms with Crippen LogP contribution in [-0.4, -0.2) is 55.6 Å². The van der Waals surface area contributed by atoms with Gasteiger partial charge < -0.3 is 15.5 Å². The quantitative estimate of drug-likeness (QED) is 0.743. The highest BCUT2D eigenvalue weighted by molar-refractivity contribution is 4.79. The molecule has 0 aromatic heterocycles. The maximum atomic E-state index is 5.55. The van der Waals surface area contributed by atoms with Gasteiger partial charge in [0.1, 0.15) is 0 Å². The fourth-order valence-electron chi connectivity index (χ4n) is 2.38. The van der Waals surface area contributed by atoms with Crippen molar-refractivity contribution < 1.29 is 0 Å². The van der Waals surface area contributed by atoms with Crippen LogP contribution < -0.4 is 5.73 Å². The van der Waals surface area contributed by atoms with Crippen LogP contribution in [0, 0.1) is 0 Å². The predicted molar refractivity (Wildman–Crippen MR) is 66.0 cm³/mol. The summed E-state index contributed by atoms with van der Waals surface area (Å²) in [5.41, 5.74) is 5.55. The van der Waals surface area contributed by atoms with Crippen LogP contribution in [0.4, 0.5) is 0 Å². The zero-order chi connectivity index (χ0) is 11.3. The van der Waals surface area contributed by atoms with Gasteiger partial charge in [-0.1, -0.05) is 0 Å². The van der Waals surface area contributed by atoms with Gasteiger partial charge in [0.2, 0.25) is 0 Å². The van der Waals surface area contributed by atoms with Crippen molar-refractivity contribution in [3.63, 3.8) is 0 Å². The van der Waals surface area contributed by atoms with Gasteiger partial charge in [0.25, 0.3) is 0 Å². The Kier molecular flexibility index (Phi) is 5.58. The van der Waals surface area contributed by atoms with Crippen molar-refractivity contribution in [3.05, 3.63) is 0 Å². The standard InChI is InChI=1S/C12H27N3/c1-11(5-4-8-13)15(3)12-6-9-14(2)10-7-12/h11-12H,4-10,13H2,1-3H3. The summed E-state index contributed by atoms with van der Waals surface area (Å²) in [5, 5.41) is 0. The summed E-state index contributed by atoms with van der Waals surface area (Å²) in [4.78, 5) is 4.98. The first-order valence-corrected chi connectivity index (χ1v) is 6.25. The summed E-state index contributed by atoms with van der Waals surface area (Å²) in [6, 6.07) is 1.47. The summed E-state index contributed by atoms with van der Waals surface area (Å²) in [5.74, 6) is 0. The van der Waals surface area contributed by atoms with Gasteiger partial charge in [0, 0.05) is 12.1 Å².